The monoisotopic (exact) mass is 514 g/mol. The Hall–Kier alpha value is -4.19. The van der Waals surface area contributed by atoms with E-state index in [0.717, 1.165) is 42.4 Å². The summed E-state index contributed by atoms with van der Waals surface area (Å²) in [6.45, 7) is 17.8. The average molecular weight is 515 g/mol. The molecule has 0 aromatic heterocycles. The molecular weight excluding hydrogens is 480 g/mol. The van der Waals surface area contributed by atoms with Gasteiger partial charge in [-0.1, -0.05) is 56.9 Å². The first-order valence-electron chi connectivity index (χ1n) is 12.6. The van der Waals surface area contributed by atoms with Gasteiger partial charge in [0.1, 0.15) is 5.75 Å². The van der Waals surface area contributed by atoms with Gasteiger partial charge in [-0.25, -0.2) is 14.4 Å². The zero-order valence-electron chi connectivity index (χ0n) is 22.5. The van der Waals surface area contributed by atoms with Crippen LogP contribution in [0.15, 0.2) is 84.5 Å². The summed E-state index contributed by atoms with van der Waals surface area (Å²) in [4.78, 5) is 36.6. The zero-order valence-corrected chi connectivity index (χ0v) is 22.5. The maximum atomic E-state index is 12.4. The van der Waals surface area contributed by atoms with E-state index in [1.165, 1.54) is 5.57 Å². The molecule has 0 N–H and O–H groups in total. The Morgan fingerprint density at radius 1 is 0.737 bits per heavy atom. The molecule has 0 spiro atoms. The Morgan fingerprint density at radius 2 is 1.26 bits per heavy atom. The lowest BCUT2D eigenvalue weighted by Gasteiger charge is -2.25. The molecule has 2 aromatic rings. The summed E-state index contributed by atoms with van der Waals surface area (Å²) in [5.41, 5.74) is 4.76. The molecule has 38 heavy (non-hydrogen) atoms. The Labute approximate surface area is 224 Å². The Morgan fingerprint density at radius 3 is 1.82 bits per heavy atom. The number of carbonyl (C=O) groups is 3. The van der Waals surface area contributed by atoms with Crippen molar-refractivity contribution in [2.75, 3.05) is 0 Å². The summed E-state index contributed by atoms with van der Waals surface area (Å²) in [5, 5.41) is 0. The lowest BCUT2D eigenvalue weighted by molar-refractivity contribution is -0.132. The second kappa shape index (κ2) is 12.4. The SMILES string of the molecule is C=C(C)C(=O)Oc1ccc(C(=C2CCCC(C)C2)c2ccc(OC(=O)C(=C)C)c(OC(=O)C(=C)C)c2)cc1. The Kier molecular flexibility index (Phi) is 9.24. The van der Waals surface area contributed by atoms with Crippen LogP contribution in [0.25, 0.3) is 5.57 Å². The smallest absolute Gasteiger partial charge is 0.338 e. The van der Waals surface area contributed by atoms with Crippen molar-refractivity contribution in [2.24, 2.45) is 5.92 Å². The van der Waals surface area contributed by atoms with Crippen molar-refractivity contribution in [1.29, 1.82) is 0 Å². The lowest BCUT2D eigenvalue weighted by atomic mass is 9.81. The van der Waals surface area contributed by atoms with Gasteiger partial charge >= 0.3 is 17.9 Å². The number of benzene rings is 2. The number of carbonyl (C=O) groups excluding carboxylic acids is 3. The largest absolute Gasteiger partial charge is 0.423 e. The van der Waals surface area contributed by atoms with Gasteiger partial charge < -0.3 is 14.2 Å². The molecule has 3 rings (SSSR count). The molecule has 0 saturated heterocycles. The molecule has 198 valence electrons. The van der Waals surface area contributed by atoms with Gasteiger partial charge in [0.15, 0.2) is 11.5 Å². The van der Waals surface area contributed by atoms with Crippen LogP contribution >= 0.6 is 0 Å². The number of ether oxygens (including phenoxy) is 3. The molecule has 0 radical (unpaired) electrons. The molecule has 6 heteroatoms. The molecule has 6 nitrogen and oxygen atoms in total. The molecule has 0 amide bonds. The van der Waals surface area contributed by atoms with Crippen molar-refractivity contribution in [3.8, 4) is 17.2 Å². The van der Waals surface area contributed by atoms with Crippen LogP contribution in [0.4, 0.5) is 0 Å². The highest BCUT2D eigenvalue weighted by Gasteiger charge is 2.22. The summed E-state index contributed by atoms with van der Waals surface area (Å²) in [5.74, 6) is -0.564. The highest BCUT2D eigenvalue weighted by atomic mass is 16.6. The molecule has 1 atom stereocenters. The minimum atomic E-state index is -0.626. The summed E-state index contributed by atoms with van der Waals surface area (Å²) in [6, 6.07) is 12.5. The molecular formula is C32H34O6. The summed E-state index contributed by atoms with van der Waals surface area (Å²) >= 11 is 0. The third-order valence-electron chi connectivity index (χ3n) is 6.16. The van der Waals surface area contributed by atoms with Crippen LogP contribution in [-0.2, 0) is 14.4 Å². The van der Waals surface area contributed by atoms with Crippen LogP contribution in [0.5, 0.6) is 17.2 Å². The zero-order chi connectivity index (χ0) is 28.0. The van der Waals surface area contributed by atoms with E-state index in [0.29, 0.717) is 17.2 Å². The van der Waals surface area contributed by atoms with E-state index in [4.69, 9.17) is 14.2 Å². The number of rotatable bonds is 8. The van der Waals surface area contributed by atoms with E-state index in [9.17, 15) is 14.4 Å². The van der Waals surface area contributed by atoms with Gasteiger partial charge in [0, 0.05) is 16.7 Å². The fourth-order valence-corrected chi connectivity index (χ4v) is 4.18. The fourth-order valence-electron chi connectivity index (χ4n) is 4.18. The van der Waals surface area contributed by atoms with Crippen LogP contribution in [0.1, 0.15) is 64.5 Å². The Bertz CT molecular complexity index is 1330. The van der Waals surface area contributed by atoms with Gasteiger partial charge in [-0.15, -0.1) is 0 Å². The first kappa shape index (κ1) is 28.4. The first-order valence-corrected chi connectivity index (χ1v) is 12.6. The van der Waals surface area contributed by atoms with Crippen molar-refractivity contribution in [2.45, 2.75) is 53.4 Å². The molecule has 1 unspecified atom stereocenters. The molecule has 1 aliphatic carbocycles. The first-order chi connectivity index (χ1) is 18.0. The lowest BCUT2D eigenvalue weighted by Crippen LogP contribution is -2.13. The normalized spacial score (nSPS) is 16.2. The van der Waals surface area contributed by atoms with Crippen molar-refractivity contribution in [3.63, 3.8) is 0 Å². The third kappa shape index (κ3) is 7.19. The van der Waals surface area contributed by atoms with Crippen LogP contribution < -0.4 is 14.2 Å². The predicted octanol–water partition coefficient (Wildman–Crippen LogP) is 7.14. The van der Waals surface area contributed by atoms with Gasteiger partial charge in [-0.2, -0.15) is 0 Å². The predicted molar refractivity (Wildman–Crippen MR) is 148 cm³/mol. The van der Waals surface area contributed by atoms with E-state index < -0.39 is 17.9 Å². The van der Waals surface area contributed by atoms with Crippen LogP contribution in [0.2, 0.25) is 0 Å². The molecule has 1 aliphatic rings. The summed E-state index contributed by atoms with van der Waals surface area (Å²) in [6.07, 6.45) is 4.08. The standard InChI is InChI=1S/C32H34O6/c1-19(2)30(33)36-26-14-11-23(12-15-26)29(24-10-8-9-22(7)17-24)25-13-16-27(37-31(34)20(3)4)28(18-25)38-32(35)21(5)6/h11-16,18,22H,1,3,5,8-10,17H2,2,4,6-7H3. The minimum absolute atomic E-state index is 0.110. The second-order valence-electron chi connectivity index (χ2n) is 9.88. The minimum Gasteiger partial charge on any atom is -0.423 e. The van der Waals surface area contributed by atoms with Gasteiger partial charge in [-0.05, 0) is 86.9 Å². The number of hydrogen-bond donors (Lipinski definition) is 0. The molecule has 0 aliphatic heterocycles. The Balaban J connectivity index is 2.11. The van der Waals surface area contributed by atoms with Crippen LogP contribution in [0, 0.1) is 5.92 Å². The van der Waals surface area contributed by atoms with Gasteiger partial charge in [-0.3, -0.25) is 0 Å². The van der Waals surface area contributed by atoms with E-state index in [1.807, 2.05) is 18.2 Å². The van der Waals surface area contributed by atoms with Crippen molar-refractivity contribution < 1.29 is 28.6 Å². The number of hydrogen-bond acceptors (Lipinski definition) is 6. The van der Waals surface area contributed by atoms with Crippen molar-refractivity contribution >= 4 is 23.5 Å². The quantitative estimate of drug-likeness (QED) is 0.212. The van der Waals surface area contributed by atoms with Crippen LogP contribution in [0.3, 0.4) is 0 Å². The topological polar surface area (TPSA) is 78.9 Å². The fraction of sp³-hybridized carbons (Fsp3) is 0.281. The molecule has 0 heterocycles. The highest BCUT2D eigenvalue weighted by Crippen LogP contribution is 2.40. The highest BCUT2D eigenvalue weighted by molar-refractivity contribution is 5.92. The average Bonchev–Trinajstić information content (AvgIpc) is 2.86. The second-order valence-corrected chi connectivity index (χ2v) is 9.88. The van der Waals surface area contributed by atoms with Gasteiger partial charge in [0.05, 0.1) is 0 Å². The summed E-state index contributed by atoms with van der Waals surface area (Å²) < 4.78 is 16.4. The van der Waals surface area contributed by atoms with Gasteiger partial charge in [0.25, 0.3) is 0 Å². The van der Waals surface area contributed by atoms with E-state index in [-0.39, 0.29) is 22.6 Å². The van der Waals surface area contributed by atoms with Crippen molar-refractivity contribution in [3.05, 3.63) is 95.6 Å². The van der Waals surface area contributed by atoms with Gasteiger partial charge in [0.2, 0.25) is 0 Å². The van der Waals surface area contributed by atoms with E-state index in [1.54, 1.807) is 45.0 Å². The maximum Gasteiger partial charge on any atom is 0.338 e. The maximum absolute atomic E-state index is 12.4. The molecule has 0 bridgehead atoms. The molecule has 1 saturated carbocycles. The number of esters is 3. The summed E-state index contributed by atoms with van der Waals surface area (Å²) in [7, 11) is 0. The third-order valence-corrected chi connectivity index (χ3v) is 6.16. The molecule has 1 fully saturated rings. The van der Waals surface area contributed by atoms with E-state index >= 15 is 0 Å². The number of allylic oxidation sites excluding steroid dienone is 1. The molecule has 2 aromatic carbocycles. The van der Waals surface area contributed by atoms with Crippen molar-refractivity contribution in [1.82, 2.24) is 0 Å². The van der Waals surface area contributed by atoms with Crippen LogP contribution in [-0.4, -0.2) is 17.9 Å². The van der Waals surface area contributed by atoms with E-state index in [2.05, 4.69) is 26.7 Å².